The van der Waals surface area contributed by atoms with Crippen LogP contribution in [0.15, 0.2) is 46.9 Å². The van der Waals surface area contributed by atoms with Gasteiger partial charge >= 0.3 is 0 Å². The monoisotopic (exact) mass is 392 g/mol. The zero-order chi connectivity index (χ0) is 16.4. The largest absolute Gasteiger partial charge is 0.322 e. The molecule has 118 valence electrons. The average molecular weight is 394 g/mol. The topological polar surface area (TPSA) is 49.4 Å². The van der Waals surface area contributed by atoms with Crippen molar-refractivity contribution < 1.29 is 9.59 Å². The predicted octanol–water partition coefficient (Wildman–Crippen LogP) is 4.48. The van der Waals surface area contributed by atoms with Crippen LogP contribution in [0, 0.1) is 0 Å². The fraction of sp³-hybridized carbons (Fsp3) is 0.176. The van der Waals surface area contributed by atoms with E-state index < -0.39 is 0 Å². The molecule has 2 amide bonds. The van der Waals surface area contributed by atoms with E-state index in [-0.39, 0.29) is 11.8 Å². The Morgan fingerprint density at radius 1 is 1.22 bits per heavy atom. The first-order chi connectivity index (χ1) is 11.0. The Morgan fingerprint density at radius 2 is 2.04 bits per heavy atom. The quantitative estimate of drug-likeness (QED) is 0.836. The van der Waals surface area contributed by atoms with Crippen molar-refractivity contribution >= 4 is 50.7 Å². The van der Waals surface area contributed by atoms with E-state index in [1.165, 1.54) is 0 Å². The van der Waals surface area contributed by atoms with Crippen molar-refractivity contribution in [1.29, 1.82) is 0 Å². The molecule has 0 unspecified atom stereocenters. The minimum Gasteiger partial charge on any atom is -0.322 e. The summed E-state index contributed by atoms with van der Waals surface area (Å²) in [5.41, 5.74) is 1.75. The predicted molar refractivity (Wildman–Crippen MR) is 95.1 cm³/mol. The lowest BCUT2D eigenvalue weighted by Gasteiger charge is -2.18. The van der Waals surface area contributed by atoms with Crippen molar-refractivity contribution in [3.05, 3.63) is 57.5 Å². The molecule has 4 nitrogen and oxygen atoms in total. The molecular formula is C17H14BrClN2O2. The molecule has 0 bridgehead atoms. The van der Waals surface area contributed by atoms with Gasteiger partial charge in [0.1, 0.15) is 0 Å². The molecule has 0 atom stereocenters. The third-order valence-corrected chi connectivity index (χ3v) is 4.47. The number of hydrogen-bond acceptors (Lipinski definition) is 2. The van der Waals surface area contributed by atoms with Gasteiger partial charge in [0.05, 0.1) is 10.7 Å². The number of nitrogens with zero attached hydrogens (tertiary/aromatic N) is 1. The third-order valence-electron chi connectivity index (χ3n) is 3.66. The summed E-state index contributed by atoms with van der Waals surface area (Å²) >= 11 is 9.56. The summed E-state index contributed by atoms with van der Waals surface area (Å²) in [6.07, 6.45) is 1.33. The highest BCUT2D eigenvalue weighted by molar-refractivity contribution is 9.10. The molecule has 1 saturated heterocycles. The first-order valence-electron chi connectivity index (χ1n) is 7.21. The lowest BCUT2D eigenvalue weighted by atomic mass is 10.1. The van der Waals surface area contributed by atoms with Crippen LogP contribution in [0.4, 0.5) is 11.4 Å². The number of anilines is 2. The van der Waals surface area contributed by atoms with Gasteiger partial charge in [0, 0.05) is 28.7 Å². The van der Waals surface area contributed by atoms with Crippen LogP contribution in [0.5, 0.6) is 0 Å². The van der Waals surface area contributed by atoms with Crippen molar-refractivity contribution in [2.24, 2.45) is 0 Å². The number of rotatable bonds is 3. The average Bonchev–Trinajstić information content (AvgIpc) is 2.93. The van der Waals surface area contributed by atoms with E-state index in [1.807, 2.05) is 24.3 Å². The van der Waals surface area contributed by atoms with Crippen LogP contribution in [-0.4, -0.2) is 18.4 Å². The number of nitrogens with one attached hydrogen (secondary N) is 1. The van der Waals surface area contributed by atoms with E-state index in [9.17, 15) is 9.59 Å². The van der Waals surface area contributed by atoms with Crippen molar-refractivity contribution in [3.63, 3.8) is 0 Å². The third kappa shape index (κ3) is 3.57. The highest BCUT2D eigenvalue weighted by Gasteiger charge is 2.24. The molecule has 1 fully saturated rings. The van der Waals surface area contributed by atoms with E-state index in [2.05, 4.69) is 21.2 Å². The summed E-state index contributed by atoms with van der Waals surface area (Å²) in [7, 11) is 0. The Bertz CT molecular complexity index is 779. The van der Waals surface area contributed by atoms with Crippen molar-refractivity contribution in [1.82, 2.24) is 0 Å². The standard InChI is InChI=1S/C17H14BrClN2O2/c18-12-3-1-4-13(10-12)20-17(23)11-6-7-14(19)15(9-11)21-8-2-5-16(21)22/h1,3-4,6-7,9-10H,2,5,8H2,(H,20,23). The van der Waals surface area contributed by atoms with Gasteiger partial charge in [-0.3, -0.25) is 9.59 Å². The molecule has 0 saturated carbocycles. The Balaban J connectivity index is 1.85. The van der Waals surface area contributed by atoms with Gasteiger partial charge in [0.25, 0.3) is 5.91 Å². The Labute approximate surface area is 147 Å². The van der Waals surface area contributed by atoms with E-state index in [1.54, 1.807) is 23.1 Å². The Morgan fingerprint density at radius 3 is 2.74 bits per heavy atom. The van der Waals surface area contributed by atoms with Crippen molar-refractivity contribution in [3.8, 4) is 0 Å². The lowest BCUT2D eigenvalue weighted by molar-refractivity contribution is -0.117. The molecule has 3 rings (SSSR count). The fourth-order valence-electron chi connectivity index (χ4n) is 2.53. The van der Waals surface area contributed by atoms with Gasteiger partial charge in [-0.1, -0.05) is 33.6 Å². The minimum absolute atomic E-state index is 0.0384. The molecule has 0 aliphatic carbocycles. The van der Waals surface area contributed by atoms with Crippen LogP contribution in [0.3, 0.4) is 0 Å². The molecule has 2 aromatic carbocycles. The normalized spacial score (nSPS) is 14.2. The molecule has 1 N–H and O–H groups in total. The van der Waals surface area contributed by atoms with Crippen molar-refractivity contribution in [2.75, 3.05) is 16.8 Å². The lowest BCUT2D eigenvalue weighted by Crippen LogP contribution is -2.24. The number of halogens is 2. The van der Waals surface area contributed by atoms with Gasteiger partial charge in [0.2, 0.25) is 5.91 Å². The molecule has 6 heteroatoms. The van der Waals surface area contributed by atoms with Crippen LogP contribution in [0.25, 0.3) is 0 Å². The molecule has 0 spiro atoms. The summed E-state index contributed by atoms with van der Waals surface area (Å²) < 4.78 is 0.884. The number of amides is 2. The number of benzene rings is 2. The van der Waals surface area contributed by atoms with E-state index >= 15 is 0 Å². The Kier molecular flexibility index (Phi) is 4.68. The molecule has 0 aromatic heterocycles. The summed E-state index contributed by atoms with van der Waals surface area (Å²) in [6.45, 7) is 0.634. The number of carbonyl (C=O) groups is 2. The van der Waals surface area contributed by atoms with Gasteiger partial charge in [-0.2, -0.15) is 0 Å². The van der Waals surface area contributed by atoms with Crippen molar-refractivity contribution in [2.45, 2.75) is 12.8 Å². The maximum absolute atomic E-state index is 12.4. The van der Waals surface area contributed by atoms with Gasteiger partial charge in [-0.05, 0) is 42.8 Å². The zero-order valence-electron chi connectivity index (χ0n) is 12.2. The molecule has 1 aliphatic heterocycles. The second-order valence-electron chi connectivity index (χ2n) is 5.28. The summed E-state index contributed by atoms with van der Waals surface area (Å²) in [5.74, 6) is -0.205. The molecule has 1 heterocycles. The molecule has 1 aliphatic rings. The smallest absolute Gasteiger partial charge is 0.255 e. The maximum atomic E-state index is 12.4. The molecule has 2 aromatic rings. The van der Waals surface area contributed by atoms with Crippen LogP contribution >= 0.6 is 27.5 Å². The first kappa shape index (κ1) is 16.0. The second-order valence-corrected chi connectivity index (χ2v) is 6.60. The van der Waals surface area contributed by atoms with Crippen LogP contribution in [0.2, 0.25) is 5.02 Å². The van der Waals surface area contributed by atoms with E-state index in [0.29, 0.717) is 34.9 Å². The summed E-state index contributed by atoms with van der Waals surface area (Å²) in [6, 6.07) is 12.3. The molecular weight excluding hydrogens is 380 g/mol. The first-order valence-corrected chi connectivity index (χ1v) is 8.38. The zero-order valence-corrected chi connectivity index (χ0v) is 14.5. The highest BCUT2D eigenvalue weighted by Crippen LogP contribution is 2.30. The molecule has 0 radical (unpaired) electrons. The number of hydrogen-bond donors (Lipinski definition) is 1. The fourth-order valence-corrected chi connectivity index (χ4v) is 3.15. The van der Waals surface area contributed by atoms with E-state index in [4.69, 9.17) is 11.6 Å². The van der Waals surface area contributed by atoms with E-state index in [0.717, 1.165) is 10.9 Å². The van der Waals surface area contributed by atoms with Gasteiger partial charge in [-0.25, -0.2) is 0 Å². The highest BCUT2D eigenvalue weighted by atomic mass is 79.9. The maximum Gasteiger partial charge on any atom is 0.255 e. The number of carbonyl (C=O) groups excluding carboxylic acids is 2. The van der Waals surface area contributed by atoms with Crippen LogP contribution in [0.1, 0.15) is 23.2 Å². The van der Waals surface area contributed by atoms with Gasteiger partial charge in [0.15, 0.2) is 0 Å². The van der Waals surface area contributed by atoms with Crippen LogP contribution < -0.4 is 10.2 Å². The summed E-state index contributed by atoms with van der Waals surface area (Å²) in [4.78, 5) is 25.9. The van der Waals surface area contributed by atoms with Gasteiger partial charge in [-0.15, -0.1) is 0 Å². The summed E-state index contributed by atoms with van der Waals surface area (Å²) in [5, 5.41) is 3.30. The second kappa shape index (κ2) is 6.72. The van der Waals surface area contributed by atoms with Gasteiger partial charge < -0.3 is 10.2 Å². The SMILES string of the molecule is O=C(Nc1cccc(Br)c1)c1ccc(Cl)c(N2CCCC2=O)c1. The van der Waals surface area contributed by atoms with Crippen LogP contribution in [-0.2, 0) is 4.79 Å². The molecule has 23 heavy (non-hydrogen) atoms. The Hall–Kier alpha value is -1.85. The minimum atomic E-state index is -0.243.